The lowest BCUT2D eigenvalue weighted by atomic mass is 10.1. The molecule has 1 heterocycles. The van der Waals surface area contributed by atoms with Crippen LogP contribution in [0.3, 0.4) is 0 Å². The Hall–Kier alpha value is -1.36. The summed E-state index contributed by atoms with van der Waals surface area (Å²) in [7, 11) is 0. The van der Waals surface area contributed by atoms with Gasteiger partial charge in [0.05, 0.1) is 11.5 Å². The van der Waals surface area contributed by atoms with Crippen LogP contribution in [0.2, 0.25) is 0 Å². The molecule has 21 heavy (non-hydrogen) atoms. The SMILES string of the molecule is CCOC(=O)CN(CC)C(=O)c1cc2c(s1)CCCCC2. The Bertz CT molecular complexity index is 486. The van der Waals surface area contributed by atoms with Crippen molar-refractivity contribution in [2.75, 3.05) is 19.7 Å². The summed E-state index contributed by atoms with van der Waals surface area (Å²) in [5, 5.41) is 0. The second-order valence-electron chi connectivity index (χ2n) is 5.24. The Kier molecular flexibility index (Phi) is 5.79. The normalized spacial score (nSPS) is 14.2. The van der Waals surface area contributed by atoms with Gasteiger partial charge in [-0.05, 0) is 51.2 Å². The van der Waals surface area contributed by atoms with Gasteiger partial charge < -0.3 is 9.64 Å². The summed E-state index contributed by atoms with van der Waals surface area (Å²) in [5.74, 6) is -0.394. The second-order valence-corrected chi connectivity index (χ2v) is 6.38. The summed E-state index contributed by atoms with van der Waals surface area (Å²) >= 11 is 1.60. The van der Waals surface area contributed by atoms with Gasteiger partial charge in [0.1, 0.15) is 6.54 Å². The predicted molar refractivity (Wildman–Crippen MR) is 83.8 cm³/mol. The van der Waals surface area contributed by atoms with E-state index in [1.54, 1.807) is 23.2 Å². The smallest absolute Gasteiger partial charge is 0.325 e. The molecule has 0 saturated heterocycles. The lowest BCUT2D eigenvalue weighted by molar-refractivity contribution is -0.143. The van der Waals surface area contributed by atoms with E-state index in [9.17, 15) is 9.59 Å². The van der Waals surface area contributed by atoms with E-state index in [2.05, 4.69) is 0 Å². The molecule has 2 rings (SSSR count). The molecule has 0 aliphatic heterocycles. The number of carbonyl (C=O) groups is 2. The van der Waals surface area contributed by atoms with Crippen LogP contribution in [-0.2, 0) is 22.4 Å². The van der Waals surface area contributed by atoms with E-state index in [-0.39, 0.29) is 18.4 Å². The van der Waals surface area contributed by atoms with Gasteiger partial charge >= 0.3 is 5.97 Å². The van der Waals surface area contributed by atoms with Crippen molar-refractivity contribution in [1.82, 2.24) is 4.90 Å². The Morgan fingerprint density at radius 2 is 2.00 bits per heavy atom. The van der Waals surface area contributed by atoms with E-state index < -0.39 is 0 Å². The molecule has 5 heteroatoms. The number of nitrogens with zero attached hydrogens (tertiary/aromatic N) is 1. The van der Waals surface area contributed by atoms with Crippen molar-refractivity contribution in [3.8, 4) is 0 Å². The molecule has 4 nitrogen and oxygen atoms in total. The topological polar surface area (TPSA) is 46.6 Å². The quantitative estimate of drug-likeness (QED) is 0.620. The molecule has 1 aliphatic carbocycles. The van der Waals surface area contributed by atoms with E-state index in [4.69, 9.17) is 4.74 Å². The molecule has 0 unspecified atom stereocenters. The van der Waals surface area contributed by atoms with E-state index in [0.29, 0.717) is 13.2 Å². The third-order valence-corrected chi connectivity index (χ3v) is 4.98. The molecule has 1 aliphatic rings. The lowest BCUT2D eigenvalue weighted by Crippen LogP contribution is -2.35. The van der Waals surface area contributed by atoms with Gasteiger partial charge in [0.2, 0.25) is 0 Å². The number of likely N-dealkylation sites (N-methyl/N-ethyl adjacent to an activating group) is 1. The number of fused-ring (bicyclic) bond motifs is 1. The summed E-state index contributed by atoms with van der Waals surface area (Å²) in [6.07, 6.45) is 5.84. The maximum atomic E-state index is 12.5. The van der Waals surface area contributed by atoms with Crippen molar-refractivity contribution in [3.05, 3.63) is 21.4 Å². The van der Waals surface area contributed by atoms with E-state index >= 15 is 0 Å². The molecule has 0 N–H and O–H groups in total. The molecule has 0 bridgehead atoms. The average molecular weight is 309 g/mol. The Morgan fingerprint density at radius 3 is 2.71 bits per heavy atom. The maximum Gasteiger partial charge on any atom is 0.325 e. The number of aryl methyl sites for hydroxylation is 2. The van der Waals surface area contributed by atoms with Crippen molar-refractivity contribution < 1.29 is 14.3 Å². The lowest BCUT2D eigenvalue weighted by Gasteiger charge is -2.18. The van der Waals surface area contributed by atoms with Gasteiger partial charge in [-0.25, -0.2) is 0 Å². The van der Waals surface area contributed by atoms with Crippen molar-refractivity contribution in [3.63, 3.8) is 0 Å². The highest BCUT2D eigenvalue weighted by molar-refractivity contribution is 7.14. The van der Waals surface area contributed by atoms with Gasteiger partial charge in [0.15, 0.2) is 0 Å². The Morgan fingerprint density at radius 1 is 1.24 bits per heavy atom. The zero-order valence-electron chi connectivity index (χ0n) is 12.8. The molecule has 1 aromatic heterocycles. The average Bonchev–Trinajstić information content (AvgIpc) is 2.75. The fraction of sp³-hybridized carbons (Fsp3) is 0.625. The van der Waals surface area contributed by atoms with Gasteiger partial charge in [-0.2, -0.15) is 0 Å². The van der Waals surface area contributed by atoms with Gasteiger partial charge in [0.25, 0.3) is 5.91 Å². The zero-order valence-corrected chi connectivity index (χ0v) is 13.6. The summed E-state index contributed by atoms with van der Waals surface area (Å²) in [4.78, 5) is 27.8. The fourth-order valence-electron chi connectivity index (χ4n) is 2.62. The van der Waals surface area contributed by atoms with Gasteiger partial charge in [-0.1, -0.05) is 6.42 Å². The monoisotopic (exact) mass is 309 g/mol. The number of hydrogen-bond acceptors (Lipinski definition) is 4. The van der Waals surface area contributed by atoms with Crippen molar-refractivity contribution in [2.45, 2.75) is 46.0 Å². The van der Waals surface area contributed by atoms with Gasteiger partial charge in [-0.15, -0.1) is 11.3 Å². The molecule has 1 amide bonds. The number of esters is 1. The highest BCUT2D eigenvalue weighted by atomic mass is 32.1. The summed E-state index contributed by atoms with van der Waals surface area (Å²) in [5.41, 5.74) is 1.33. The van der Waals surface area contributed by atoms with Crippen LogP contribution in [-0.4, -0.2) is 36.5 Å². The van der Waals surface area contributed by atoms with E-state index in [0.717, 1.165) is 17.7 Å². The maximum absolute atomic E-state index is 12.5. The fourth-order valence-corrected chi connectivity index (χ4v) is 3.84. The molecule has 0 spiro atoms. The van der Waals surface area contributed by atoms with E-state index in [1.165, 1.54) is 29.7 Å². The standard InChI is InChI=1S/C16H23NO3S/c1-3-17(11-15(18)20-4-2)16(19)14-10-12-8-6-5-7-9-13(12)21-14/h10H,3-9,11H2,1-2H3. The van der Waals surface area contributed by atoms with Crippen LogP contribution in [0.1, 0.15) is 53.2 Å². The minimum atomic E-state index is -0.342. The zero-order chi connectivity index (χ0) is 15.2. The molecular formula is C16H23NO3S. The first-order chi connectivity index (χ1) is 10.2. The first kappa shape index (κ1) is 16.0. The number of amides is 1. The van der Waals surface area contributed by atoms with Crippen molar-refractivity contribution in [2.24, 2.45) is 0 Å². The Labute approximate surface area is 130 Å². The molecule has 0 saturated carbocycles. The summed E-state index contributed by atoms with van der Waals surface area (Å²) < 4.78 is 4.93. The third-order valence-electron chi connectivity index (χ3n) is 3.75. The van der Waals surface area contributed by atoms with E-state index in [1.807, 2.05) is 13.0 Å². The molecular weight excluding hydrogens is 286 g/mol. The minimum absolute atomic E-state index is 0.0335. The van der Waals surface area contributed by atoms with Crippen molar-refractivity contribution >= 4 is 23.2 Å². The van der Waals surface area contributed by atoms with Crippen LogP contribution in [0.25, 0.3) is 0 Å². The predicted octanol–water partition coefficient (Wildman–Crippen LogP) is 3.04. The van der Waals surface area contributed by atoms with Gasteiger partial charge in [0, 0.05) is 11.4 Å². The highest BCUT2D eigenvalue weighted by Gasteiger charge is 2.22. The highest BCUT2D eigenvalue weighted by Crippen LogP contribution is 2.29. The number of rotatable bonds is 5. The summed E-state index contributed by atoms with van der Waals surface area (Å²) in [6.45, 7) is 4.55. The molecule has 116 valence electrons. The van der Waals surface area contributed by atoms with Crippen LogP contribution >= 0.6 is 11.3 Å². The molecule has 0 aromatic carbocycles. The molecule has 0 radical (unpaired) electrons. The molecule has 0 fully saturated rings. The first-order valence-electron chi connectivity index (χ1n) is 7.72. The summed E-state index contributed by atoms with van der Waals surface area (Å²) in [6, 6.07) is 2.03. The largest absolute Gasteiger partial charge is 0.465 e. The number of carbonyl (C=O) groups excluding carboxylic acids is 2. The minimum Gasteiger partial charge on any atom is -0.465 e. The van der Waals surface area contributed by atoms with Crippen LogP contribution in [0.5, 0.6) is 0 Å². The van der Waals surface area contributed by atoms with Crippen LogP contribution in [0, 0.1) is 0 Å². The van der Waals surface area contributed by atoms with Crippen LogP contribution in [0.4, 0.5) is 0 Å². The number of thiophene rings is 1. The number of hydrogen-bond donors (Lipinski definition) is 0. The third kappa shape index (κ3) is 4.06. The van der Waals surface area contributed by atoms with Crippen LogP contribution in [0.15, 0.2) is 6.07 Å². The first-order valence-corrected chi connectivity index (χ1v) is 8.53. The van der Waals surface area contributed by atoms with Crippen molar-refractivity contribution in [1.29, 1.82) is 0 Å². The number of ether oxygens (including phenoxy) is 1. The molecule has 0 atom stereocenters. The second kappa shape index (κ2) is 7.59. The Balaban J connectivity index is 2.08. The van der Waals surface area contributed by atoms with Gasteiger partial charge in [-0.3, -0.25) is 9.59 Å². The van der Waals surface area contributed by atoms with Crippen LogP contribution < -0.4 is 0 Å². The molecule has 1 aromatic rings.